The molecule has 1 aromatic carbocycles. The number of imide groups is 1. The SMILES string of the molecule is CC(C)CN1C(=O)c2ccc(C(=O)NC3CCN(C(=O)CCl)CC3)cc2C1=O. The number of piperidine rings is 1. The van der Waals surface area contributed by atoms with Crippen LogP contribution in [0.15, 0.2) is 18.2 Å². The van der Waals surface area contributed by atoms with E-state index in [1.807, 2.05) is 13.8 Å². The van der Waals surface area contributed by atoms with Gasteiger partial charge in [0.25, 0.3) is 17.7 Å². The van der Waals surface area contributed by atoms with E-state index < -0.39 is 0 Å². The molecule has 0 saturated carbocycles. The molecule has 2 aliphatic rings. The number of hydrogen-bond donors (Lipinski definition) is 1. The fourth-order valence-electron chi connectivity index (χ4n) is 3.59. The molecule has 0 bridgehead atoms. The number of fused-ring (bicyclic) bond motifs is 1. The largest absolute Gasteiger partial charge is 0.349 e. The van der Waals surface area contributed by atoms with Gasteiger partial charge in [0.2, 0.25) is 5.91 Å². The van der Waals surface area contributed by atoms with Gasteiger partial charge in [0, 0.05) is 31.2 Å². The van der Waals surface area contributed by atoms with E-state index in [0.29, 0.717) is 43.6 Å². The van der Waals surface area contributed by atoms with E-state index in [2.05, 4.69) is 5.32 Å². The lowest BCUT2D eigenvalue weighted by molar-refractivity contribution is -0.129. The van der Waals surface area contributed by atoms with E-state index in [9.17, 15) is 19.2 Å². The van der Waals surface area contributed by atoms with Crippen molar-refractivity contribution >= 4 is 35.2 Å². The maximum atomic E-state index is 12.6. The molecule has 0 radical (unpaired) electrons. The van der Waals surface area contributed by atoms with Crippen molar-refractivity contribution in [1.82, 2.24) is 15.1 Å². The number of rotatable bonds is 5. The van der Waals surface area contributed by atoms with Crippen LogP contribution in [-0.2, 0) is 4.79 Å². The molecule has 1 N–H and O–H groups in total. The minimum Gasteiger partial charge on any atom is -0.349 e. The summed E-state index contributed by atoms with van der Waals surface area (Å²) < 4.78 is 0. The van der Waals surface area contributed by atoms with Crippen molar-refractivity contribution in [2.75, 3.05) is 25.5 Å². The Morgan fingerprint density at radius 1 is 1.14 bits per heavy atom. The lowest BCUT2D eigenvalue weighted by atomic mass is 10.0. The van der Waals surface area contributed by atoms with Gasteiger partial charge in [-0.15, -0.1) is 11.6 Å². The van der Waals surface area contributed by atoms with E-state index in [1.165, 1.54) is 11.0 Å². The van der Waals surface area contributed by atoms with Crippen LogP contribution in [0, 0.1) is 5.92 Å². The van der Waals surface area contributed by atoms with Crippen molar-refractivity contribution in [2.24, 2.45) is 5.92 Å². The second kappa shape index (κ2) is 8.31. The van der Waals surface area contributed by atoms with Gasteiger partial charge in [-0.1, -0.05) is 13.8 Å². The van der Waals surface area contributed by atoms with Crippen LogP contribution in [0.2, 0.25) is 0 Å². The lowest BCUT2D eigenvalue weighted by Gasteiger charge is -2.32. The number of carbonyl (C=O) groups is 4. The first-order valence-electron chi connectivity index (χ1n) is 9.46. The lowest BCUT2D eigenvalue weighted by Crippen LogP contribution is -2.46. The Hall–Kier alpha value is -2.41. The first kappa shape index (κ1) is 20.3. The van der Waals surface area contributed by atoms with E-state index in [4.69, 9.17) is 11.6 Å². The molecule has 0 aliphatic carbocycles. The normalized spacial score (nSPS) is 17.3. The number of halogens is 1. The number of alkyl halides is 1. The maximum absolute atomic E-state index is 12.6. The van der Waals surface area contributed by atoms with Crippen LogP contribution in [0.3, 0.4) is 0 Å². The highest BCUT2D eigenvalue weighted by atomic mass is 35.5. The molecule has 0 atom stereocenters. The number of nitrogens with one attached hydrogen (secondary N) is 1. The molecular formula is C20H24ClN3O4. The molecule has 3 rings (SSSR count). The number of hydrogen-bond acceptors (Lipinski definition) is 4. The number of nitrogens with zero attached hydrogens (tertiary/aromatic N) is 2. The summed E-state index contributed by atoms with van der Waals surface area (Å²) in [5.74, 6) is -0.909. The molecule has 1 fully saturated rings. The zero-order valence-corrected chi connectivity index (χ0v) is 16.8. The van der Waals surface area contributed by atoms with Gasteiger partial charge in [0.15, 0.2) is 0 Å². The molecule has 2 heterocycles. The third-order valence-corrected chi connectivity index (χ3v) is 5.31. The first-order valence-corrected chi connectivity index (χ1v) is 10.00. The number of amides is 4. The third-order valence-electron chi connectivity index (χ3n) is 5.08. The highest BCUT2D eigenvalue weighted by Gasteiger charge is 2.36. The molecule has 7 nitrogen and oxygen atoms in total. The van der Waals surface area contributed by atoms with Gasteiger partial charge < -0.3 is 10.2 Å². The monoisotopic (exact) mass is 405 g/mol. The molecule has 28 heavy (non-hydrogen) atoms. The van der Waals surface area contributed by atoms with Crippen LogP contribution in [0.25, 0.3) is 0 Å². The van der Waals surface area contributed by atoms with Crippen LogP contribution in [0.4, 0.5) is 0 Å². The summed E-state index contributed by atoms with van der Waals surface area (Å²) in [4.78, 5) is 52.1. The van der Waals surface area contributed by atoms with Gasteiger partial charge >= 0.3 is 0 Å². The average molecular weight is 406 g/mol. The van der Waals surface area contributed by atoms with Gasteiger partial charge in [0.1, 0.15) is 5.88 Å². The Morgan fingerprint density at radius 3 is 2.39 bits per heavy atom. The molecule has 150 valence electrons. The van der Waals surface area contributed by atoms with Crippen LogP contribution >= 0.6 is 11.6 Å². The fraction of sp³-hybridized carbons (Fsp3) is 0.500. The summed E-state index contributed by atoms with van der Waals surface area (Å²) in [5.41, 5.74) is 0.974. The van der Waals surface area contributed by atoms with E-state index in [-0.39, 0.29) is 47.0 Å². The number of benzene rings is 1. The minimum atomic E-state index is -0.351. The molecule has 2 aliphatic heterocycles. The van der Waals surface area contributed by atoms with Crippen LogP contribution < -0.4 is 5.32 Å². The predicted octanol–water partition coefficient (Wildman–Crippen LogP) is 1.90. The van der Waals surface area contributed by atoms with E-state index in [0.717, 1.165) is 0 Å². The van der Waals surface area contributed by atoms with Crippen molar-refractivity contribution in [3.63, 3.8) is 0 Å². The Morgan fingerprint density at radius 2 is 1.79 bits per heavy atom. The van der Waals surface area contributed by atoms with Crippen LogP contribution in [0.1, 0.15) is 57.8 Å². The van der Waals surface area contributed by atoms with Gasteiger partial charge in [0.05, 0.1) is 11.1 Å². The van der Waals surface area contributed by atoms with Crippen molar-refractivity contribution in [3.8, 4) is 0 Å². The summed E-state index contributed by atoms with van der Waals surface area (Å²) in [6, 6.07) is 4.57. The van der Waals surface area contributed by atoms with Gasteiger partial charge in [-0.2, -0.15) is 0 Å². The van der Waals surface area contributed by atoms with Gasteiger partial charge in [-0.25, -0.2) is 0 Å². The van der Waals surface area contributed by atoms with E-state index >= 15 is 0 Å². The molecule has 1 aromatic rings. The topological polar surface area (TPSA) is 86.8 Å². The highest BCUT2D eigenvalue weighted by Crippen LogP contribution is 2.25. The molecule has 0 spiro atoms. The zero-order chi connectivity index (χ0) is 20.4. The predicted molar refractivity (Wildman–Crippen MR) is 104 cm³/mol. The molecule has 1 saturated heterocycles. The highest BCUT2D eigenvalue weighted by molar-refractivity contribution is 6.27. The summed E-state index contributed by atoms with van der Waals surface area (Å²) in [6.07, 6.45) is 1.30. The van der Waals surface area contributed by atoms with Crippen LogP contribution in [0.5, 0.6) is 0 Å². The first-order chi connectivity index (χ1) is 13.3. The Balaban J connectivity index is 1.66. The number of carbonyl (C=O) groups excluding carboxylic acids is 4. The van der Waals surface area contributed by atoms with Gasteiger partial charge in [-0.3, -0.25) is 24.1 Å². The summed E-state index contributed by atoms with van der Waals surface area (Å²) >= 11 is 5.58. The van der Waals surface area contributed by atoms with Crippen molar-refractivity contribution in [2.45, 2.75) is 32.7 Å². The summed E-state index contributed by atoms with van der Waals surface area (Å²) in [7, 11) is 0. The summed E-state index contributed by atoms with van der Waals surface area (Å²) in [5, 5.41) is 2.95. The molecule has 8 heteroatoms. The Bertz CT molecular complexity index is 816. The minimum absolute atomic E-state index is 0.0350. The maximum Gasteiger partial charge on any atom is 0.261 e. The Kier molecular flexibility index (Phi) is 6.03. The van der Waals surface area contributed by atoms with Crippen LogP contribution in [-0.4, -0.2) is 65.0 Å². The zero-order valence-electron chi connectivity index (χ0n) is 16.0. The summed E-state index contributed by atoms with van der Waals surface area (Å²) in [6.45, 7) is 5.34. The standard InChI is InChI=1S/C20H24ClN3O4/c1-12(2)11-24-19(27)15-4-3-13(9-16(15)20(24)28)18(26)22-14-5-7-23(8-6-14)17(25)10-21/h3-4,9,12,14H,5-8,10-11H2,1-2H3,(H,22,26). The molecular weight excluding hydrogens is 382 g/mol. The average Bonchev–Trinajstić information content (AvgIpc) is 2.92. The van der Waals surface area contributed by atoms with Crippen molar-refractivity contribution in [1.29, 1.82) is 0 Å². The molecule has 4 amide bonds. The number of likely N-dealkylation sites (tertiary alicyclic amines) is 1. The molecule has 0 unspecified atom stereocenters. The quantitative estimate of drug-likeness (QED) is 0.598. The smallest absolute Gasteiger partial charge is 0.261 e. The Labute approximate surface area is 169 Å². The van der Waals surface area contributed by atoms with Gasteiger partial charge in [-0.05, 0) is 37.0 Å². The fourth-order valence-corrected chi connectivity index (χ4v) is 3.76. The second-order valence-electron chi connectivity index (χ2n) is 7.64. The van der Waals surface area contributed by atoms with E-state index in [1.54, 1.807) is 17.0 Å². The van der Waals surface area contributed by atoms with Crippen molar-refractivity contribution < 1.29 is 19.2 Å². The third kappa shape index (κ3) is 4.04. The second-order valence-corrected chi connectivity index (χ2v) is 7.90. The molecule has 0 aromatic heterocycles. The van der Waals surface area contributed by atoms with Crippen molar-refractivity contribution in [3.05, 3.63) is 34.9 Å².